The number of rotatable bonds is 7. The number of nitrogens with zero attached hydrogens (tertiary/aromatic N) is 3. The monoisotopic (exact) mass is 438 g/mol. The largest absolute Gasteiger partial charge is 0.490 e. The fourth-order valence-corrected chi connectivity index (χ4v) is 5.10. The summed E-state index contributed by atoms with van der Waals surface area (Å²) >= 11 is 0. The predicted molar refractivity (Wildman–Crippen MR) is 116 cm³/mol. The smallest absolute Gasteiger partial charge is 0.281 e. The number of likely N-dealkylation sites (tertiary alicyclic amines) is 1. The number of carbonyl (C=O) groups is 1. The molecule has 2 aliphatic heterocycles. The molecule has 9 heteroatoms. The molecule has 0 saturated carbocycles. The van der Waals surface area contributed by atoms with Gasteiger partial charge in [-0.1, -0.05) is 12.1 Å². The van der Waals surface area contributed by atoms with Crippen LogP contribution in [0.5, 0.6) is 5.75 Å². The van der Waals surface area contributed by atoms with Crippen LogP contribution in [0.4, 0.5) is 0 Å². The molecule has 1 atom stereocenters. The van der Waals surface area contributed by atoms with Crippen LogP contribution in [0.15, 0.2) is 24.3 Å². The summed E-state index contributed by atoms with van der Waals surface area (Å²) in [6.07, 6.45) is 3.73. The molecule has 2 heterocycles. The molecule has 1 amide bonds. The number of benzene rings is 1. The molecule has 0 bridgehead atoms. The molecule has 0 aromatic heterocycles. The van der Waals surface area contributed by atoms with Gasteiger partial charge in [-0.15, -0.1) is 0 Å². The van der Waals surface area contributed by atoms with Gasteiger partial charge in [0.05, 0.1) is 5.92 Å². The lowest BCUT2D eigenvalue weighted by molar-refractivity contribution is -0.126. The average molecular weight is 439 g/mol. The van der Waals surface area contributed by atoms with Crippen molar-refractivity contribution in [2.24, 2.45) is 5.92 Å². The number of nitrogens with one attached hydrogen (secondary N) is 1. The van der Waals surface area contributed by atoms with Crippen LogP contribution in [0.25, 0.3) is 0 Å². The van der Waals surface area contributed by atoms with Crippen molar-refractivity contribution in [1.82, 2.24) is 18.8 Å². The molecule has 2 aliphatic rings. The van der Waals surface area contributed by atoms with Crippen molar-refractivity contribution >= 4 is 16.1 Å². The summed E-state index contributed by atoms with van der Waals surface area (Å²) in [7, 11) is 1.67. The minimum absolute atomic E-state index is 0.0969. The summed E-state index contributed by atoms with van der Waals surface area (Å²) in [5.41, 5.74) is 0.993. The molecule has 1 N–H and O–H groups in total. The first kappa shape index (κ1) is 23.0. The molecule has 0 unspecified atom stereocenters. The van der Waals surface area contributed by atoms with Crippen LogP contribution < -0.4 is 10.1 Å². The van der Waals surface area contributed by atoms with E-state index in [2.05, 4.69) is 17.3 Å². The Labute approximate surface area is 180 Å². The van der Waals surface area contributed by atoms with Gasteiger partial charge in [0, 0.05) is 46.8 Å². The number of hydrogen-bond donors (Lipinski definition) is 1. The molecule has 8 nitrogen and oxygen atoms in total. The number of ether oxygens (including phenoxy) is 1. The fourth-order valence-electron chi connectivity index (χ4n) is 3.91. The third kappa shape index (κ3) is 5.94. The van der Waals surface area contributed by atoms with Gasteiger partial charge in [-0.2, -0.15) is 17.0 Å². The van der Waals surface area contributed by atoms with E-state index in [1.807, 2.05) is 24.3 Å². The second-order valence-corrected chi connectivity index (χ2v) is 10.6. The normalized spacial score (nSPS) is 22.2. The lowest BCUT2D eigenvalue weighted by atomic mass is 9.99. The molecular formula is C21H34N4O4S. The van der Waals surface area contributed by atoms with Gasteiger partial charge in [0.2, 0.25) is 5.91 Å². The molecular weight excluding hydrogens is 404 g/mol. The second kappa shape index (κ2) is 10.1. The van der Waals surface area contributed by atoms with Crippen molar-refractivity contribution in [2.45, 2.75) is 38.3 Å². The van der Waals surface area contributed by atoms with Crippen LogP contribution in [0.1, 0.15) is 31.2 Å². The number of amides is 1. The SMILES string of the molecule is CN1CCC(Oc2ccc(CNC(=O)[C@H]3CCCN(S(=O)(=O)N(C)C)C3)cc2)CC1. The Hall–Kier alpha value is -1.68. The Morgan fingerprint density at radius 2 is 1.80 bits per heavy atom. The van der Waals surface area contributed by atoms with Crippen LogP contribution >= 0.6 is 0 Å². The Morgan fingerprint density at radius 1 is 1.13 bits per heavy atom. The summed E-state index contributed by atoms with van der Waals surface area (Å²) < 4.78 is 33.3. The molecule has 30 heavy (non-hydrogen) atoms. The number of carbonyl (C=O) groups excluding carboxylic acids is 1. The summed E-state index contributed by atoms with van der Waals surface area (Å²) in [6.45, 7) is 3.23. The lowest BCUT2D eigenvalue weighted by Crippen LogP contribution is -2.48. The Bertz CT molecular complexity index is 805. The lowest BCUT2D eigenvalue weighted by Gasteiger charge is -2.32. The zero-order chi connectivity index (χ0) is 21.7. The highest BCUT2D eigenvalue weighted by Crippen LogP contribution is 2.21. The first-order chi connectivity index (χ1) is 14.3. The third-order valence-electron chi connectivity index (χ3n) is 5.90. The van der Waals surface area contributed by atoms with E-state index < -0.39 is 10.2 Å². The molecule has 2 fully saturated rings. The van der Waals surface area contributed by atoms with E-state index >= 15 is 0 Å². The van der Waals surface area contributed by atoms with E-state index in [-0.39, 0.29) is 24.5 Å². The minimum atomic E-state index is -3.48. The van der Waals surface area contributed by atoms with Crippen LogP contribution in [-0.4, -0.2) is 81.3 Å². The highest BCUT2D eigenvalue weighted by Gasteiger charge is 2.33. The maximum atomic E-state index is 12.6. The van der Waals surface area contributed by atoms with Gasteiger partial charge >= 0.3 is 0 Å². The van der Waals surface area contributed by atoms with Crippen LogP contribution in [0, 0.1) is 5.92 Å². The van der Waals surface area contributed by atoms with Crippen LogP contribution in [0.3, 0.4) is 0 Å². The van der Waals surface area contributed by atoms with Crippen molar-refractivity contribution in [1.29, 1.82) is 0 Å². The molecule has 0 aliphatic carbocycles. The highest BCUT2D eigenvalue weighted by molar-refractivity contribution is 7.86. The molecule has 1 aromatic rings. The summed E-state index contributed by atoms with van der Waals surface area (Å²) in [4.78, 5) is 14.9. The van der Waals surface area contributed by atoms with E-state index in [9.17, 15) is 13.2 Å². The number of hydrogen-bond acceptors (Lipinski definition) is 5. The van der Waals surface area contributed by atoms with Crippen molar-refractivity contribution in [2.75, 3.05) is 47.3 Å². The molecule has 168 valence electrons. The van der Waals surface area contributed by atoms with Crippen LogP contribution in [0.2, 0.25) is 0 Å². The first-order valence-corrected chi connectivity index (χ1v) is 12.0. The van der Waals surface area contributed by atoms with Crippen molar-refractivity contribution in [3.05, 3.63) is 29.8 Å². The maximum absolute atomic E-state index is 12.6. The van der Waals surface area contributed by atoms with E-state index in [0.29, 0.717) is 25.9 Å². The second-order valence-electron chi connectivity index (χ2n) is 8.47. The quantitative estimate of drug-likeness (QED) is 0.694. The first-order valence-electron chi connectivity index (χ1n) is 10.6. The minimum Gasteiger partial charge on any atom is -0.490 e. The standard InChI is InChI=1S/C21H34N4O4S/c1-23(2)30(27,28)25-12-4-5-18(16-25)21(26)22-15-17-6-8-19(9-7-17)29-20-10-13-24(3)14-11-20/h6-9,18,20H,4-5,10-16H2,1-3H3,(H,22,26)/t18-/m0/s1. The fraction of sp³-hybridized carbons (Fsp3) is 0.667. The highest BCUT2D eigenvalue weighted by atomic mass is 32.2. The molecule has 0 radical (unpaired) electrons. The van der Waals surface area contributed by atoms with Gasteiger partial charge in [-0.3, -0.25) is 4.79 Å². The molecule has 2 saturated heterocycles. The summed E-state index contributed by atoms with van der Waals surface area (Å²) in [5.74, 6) is 0.442. The topological polar surface area (TPSA) is 82.2 Å². The third-order valence-corrected chi connectivity index (χ3v) is 7.81. The predicted octanol–water partition coefficient (Wildman–Crippen LogP) is 1.29. The van der Waals surface area contributed by atoms with E-state index in [0.717, 1.165) is 37.2 Å². The van der Waals surface area contributed by atoms with Gasteiger partial charge in [0.15, 0.2) is 0 Å². The zero-order valence-corrected chi connectivity index (χ0v) is 19.0. The summed E-state index contributed by atoms with van der Waals surface area (Å²) in [5, 5.41) is 2.96. The van der Waals surface area contributed by atoms with E-state index in [4.69, 9.17) is 4.74 Å². The van der Waals surface area contributed by atoms with Crippen molar-refractivity contribution in [3.63, 3.8) is 0 Å². The van der Waals surface area contributed by atoms with Crippen LogP contribution in [-0.2, 0) is 21.5 Å². The van der Waals surface area contributed by atoms with Gasteiger partial charge in [-0.05, 0) is 50.4 Å². The average Bonchev–Trinajstić information content (AvgIpc) is 2.74. The Morgan fingerprint density at radius 3 is 2.43 bits per heavy atom. The Balaban J connectivity index is 1.47. The summed E-state index contributed by atoms with van der Waals surface area (Å²) in [6, 6.07) is 7.83. The molecule has 0 spiro atoms. The van der Waals surface area contributed by atoms with Gasteiger partial charge in [0.25, 0.3) is 10.2 Å². The number of piperidine rings is 2. The molecule has 1 aromatic carbocycles. The molecule has 3 rings (SSSR count). The maximum Gasteiger partial charge on any atom is 0.281 e. The van der Waals surface area contributed by atoms with Gasteiger partial charge in [0.1, 0.15) is 11.9 Å². The van der Waals surface area contributed by atoms with E-state index in [1.165, 1.54) is 22.7 Å². The van der Waals surface area contributed by atoms with Gasteiger partial charge < -0.3 is 15.0 Å². The zero-order valence-electron chi connectivity index (χ0n) is 18.2. The Kier molecular flexibility index (Phi) is 7.73. The van der Waals surface area contributed by atoms with Crippen molar-refractivity contribution < 1.29 is 17.9 Å². The van der Waals surface area contributed by atoms with Crippen molar-refractivity contribution in [3.8, 4) is 5.75 Å². The van der Waals surface area contributed by atoms with E-state index in [1.54, 1.807) is 0 Å². The van der Waals surface area contributed by atoms with Gasteiger partial charge in [-0.25, -0.2) is 0 Å².